The van der Waals surface area contributed by atoms with Crippen molar-refractivity contribution in [1.82, 2.24) is 24.8 Å². The van der Waals surface area contributed by atoms with Crippen LogP contribution in [0.2, 0.25) is 0 Å². The number of benzene rings is 1. The van der Waals surface area contributed by atoms with Crippen molar-refractivity contribution in [3.8, 4) is 6.01 Å². The molecule has 1 aliphatic heterocycles. The molecule has 1 aromatic carbocycles. The molecule has 0 aliphatic carbocycles. The van der Waals surface area contributed by atoms with E-state index in [4.69, 9.17) is 4.74 Å². The predicted molar refractivity (Wildman–Crippen MR) is 92.5 cm³/mol. The third-order valence-electron chi connectivity index (χ3n) is 4.33. The molecule has 0 saturated carbocycles. The number of hydrogen-bond donors (Lipinski definition) is 1. The van der Waals surface area contributed by atoms with Gasteiger partial charge >= 0.3 is 6.01 Å². The molecule has 0 bridgehead atoms. The van der Waals surface area contributed by atoms with Crippen LogP contribution in [0, 0.1) is 13.8 Å². The lowest BCUT2D eigenvalue weighted by atomic mass is 10.2. The van der Waals surface area contributed by atoms with Crippen LogP contribution in [0.5, 0.6) is 6.01 Å². The number of aromatic amines is 1. The highest BCUT2D eigenvalue weighted by molar-refractivity contribution is 5.97. The summed E-state index contributed by atoms with van der Waals surface area (Å²) in [7, 11) is 0. The van der Waals surface area contributed by atoms with E-state index in [2.05, 4.69) is 19.9 Å². The Kier molecular flexibility index (Phi) is 3.83. The number of rotatable bonds is 3. The topological polar surface area (TPSA) is 84.0 Å². The van der Waals surface area contributed by atoms with Gasteiger partial charge in [0.25, 0.3) is 5.91 Å². The Labute approximate surface area is 145 Å². The Morgan fingerprint density at radius 3 is 2.84 bits per heavy atom. The molecule has 1 unspecified atom stereocenters. The quantitative estimate of drug-likeness (QED) is 0.792. The number of nitrogens with one attached hydrogen (secondary N) is 1. The molecule has 25 heavy (non-hydrogen) atoms. The van der Waals surface area contributed by atoms with E-state index in [1.54, 1.807) is 6.33 Å². The summed E-state index contributed by atoms with van der Waals surface area (Å²) in [4.78, 5) is 30.4. The van der Waals surface area contributed by atoms with Crippen molar-refractivity contribution < 1.29 is 9.53 Å². The number of aryl methyl sites for hydroxylation is 2. The molecule has 7 nitrogen and oxygen atoms in total. The van der Waals surface area contributed by atoms with Crippen molar-refractivity contribution in [2.45, 2.75) is 26.4 Å². The second-order valence-electron chi connectivity index (χ2n) is 6.35. The molecule has 0 spiro atoms. The van der Waals surface area contributed by atoms with Gasteiger partial charge in [-0.1, -0.05) is 0 Å². The molecule has 2 aromatic heterocycles. The van der Waals surface area contributed by atoms with Crippen LogP contribution < -0.4 is 4.74 Å². The van der Waals surface area contributed by atoms with E-state index < -0.39 is 0 Å². The van der Waals surface area contributed by atoms with Gasteiger partial charge in [-0.05, 0) is 38.1 Å². The van der Waals surface area contributed by atoms with Gasteiger partial charge in [0.05, 0.1) is 23.9 Å². The van der Waals surface area contributed by atoms with Crippen LogP contribution in [0.4, 0.5) is 0 Å². The predicted octanol–water partition coefficient (Wildman–Crippen LogP) is 2.26. The number of carbonyl (C=O) groups is 1. The number of H-pyrrole nitrogens is 1. The van der Waals surface area contributed by atoms with Crippen LogP contribution in [0.1, 0.15) is 28.2 Å². The normalized spacial score (nSPS) is 17.2. The van der Waals surface area contributed by atoms with Gasteiger partial charge in [0.1, 0.15) is 6.10 Å². The molecule has 128 valence electrons. The van der Waals surface area contributed by atoms with Crippen molar-refractivity contribution in [3.05, 3.63) is 47.5 Å². The first-order valence-corrected chi connectivity index (χ1v) is 8.30. The zero-order chi connectivity index (χ0) is 17.4. The Morgan fingerprint density at radius 2 is 2.04 bits per heavy atom. The van der Waals surface area contributed by atoms with E-state index in [9.17, 15) is 4.79 Å². The minimum absolute atomic E-state index is 0.00365. The minimum Gasteiger partial charge on any atom is -0.458 e. The maximum atomic E-state index is 12.7. The molecule has 3 aromatic rings. The van der Waals surface area contributed by atoms with Crippen molar-refractivity contribution in [2.75, 3.05) is 13.1 Å². The summed E-state index contributed by atoms with van der Waals surface area (Å²) < 4.78 is 5.88. The summed E-state index contributed by atoms with van der Waals surface area (Å²) in [5.74, 6) is 0.00365. The summed E-state index contributed by atoms with van der Waals surface area (Å²) in [5.41, 5.74) is 4.12. The number of ether oxygens (including phenoxy) is 1. The molecule has 3 heterocycles. The summed E-state index contributed by atoms with van der Waals surface area (Å²) in [5, 5.41) is 0. The van der Waals surface area contributed by atoms with Crippen LogP contribution in [0.15, 0.2) is 30.6 Å². The second-order valence-corrected chi connectivity index (χ2v) is 6.35. The summed E-state index contributed by atoms with van der Waals surface area (Å²) in [6.45, 7) is 5.03. The molecule has 1 N–H and O–H groups in total. The summed E-state index contributed by atoms with van der Waals surface area (Å²) in [6.07, 6.45) is 2.32. The van der Waals surface area contributed by atoms with Gasteiger partial charge in [-0.3, -0.25) is 4.79 Å². The lowest BCUT2D eigenvalue weighted by Gasteiger charge is -2.17. The third kappa shape index (κ3) is 3.17. The zero-order valence-electron chi connectivity index (χ0n) is 14.2. The van der Waals surface area contributed by atoms with Gasteiger partial charge in [-0.25, -0.2) is 15.0 Å². The SMILES string of the molecule is Cc1cc(C)nc(OC2CCN(C(=O)c3ccc4nc[nH]c4c3)C2)n1. The number of carbonyl (C=O) groups excluding carboxylic acids is 1. The molecule has 1 aliphatic rings. The molecule has 4 rings (SSSR count). The maximum Gasteiger partial charge on any atom is 0.317 e. The van der Waals surface area contributed by atoms with E-state index >= 15 is 0 Å². The number of aromatic nitrogens is 4. The molecule has 0 radical (unpaired) electrons. The van der Waals surface area contributed by atoms with Crippen molar-refractivity contribution in [1.29, 1.82) is 0 Å². The van der Waals surface area contributed by atoms with Gasteiger partial charge in [-0.15, -0.1) is 0 Å². The van der Waals surface area contributed by atoms with Gasteiger partial charge in [0.2, 0.25) is 0 Å². The number of amides is 1. The fourth-order valence-electron chi connectivity index (χ4n) is 3.16. The molecule has 7 heteroatoms. The monoisotopic (exact) mass is 337 g/mol. The Hall–Kier alpha value is -2.96. The van der Waals surface area contributed by atoms with E-state index in [0.717, 1.165) is 28.8 Å². The molecule has 1 atom stereocenters. The number of nitrogens with zero attached hydrogens (tertiary/aromatic N) is 4. The molecular weight excluding hydrogens is 318 g/mol. The highest BCUT2D eigenvalue weighted by Crippen LogP contribution is 2.20. The Bertz CT molecular complexity index is 916. The first kappa shape index (κ1) is 15.6. The number of imidazole rings is 1. The number of hydrogen-bond acceptors (Lipinski definition) is 5. The summed E-state index contributed by atoms with van der Waals surface area (Å²) >= 11 is 0. The minimum atomic E-state index is -0.0824. The number of fused-ring (bicyclic) bond motifs is 1. The van der Waals surface area contributed by atoms with Crippen molar-refractivity contribution in [3.63, 3.8) is 0 Å². The van der Waals surface area contributed by atoms with Gasteiger partial charge in [0, 0.05) is 29.9 Å². The fourth-order valence-corrected chi connectivity index (χ4v) is 3.16. The van der Waals surface area contributed by atoms with E-state index in [1.807, 2.05) is 43.0 Å². The van der Waals surface area contributed by atoms with E-state index in [-0.39, 0.29) is 12.0 Å². The van der Waals surface area contributed by atoms with Crippen LogP contribution >= 0.6 is 0 Å². The third-order valence-corrected chi connectivity index (χ3v) is 4.33. The molecular formula is C18H19N5O2. The van der Waals surface area contributed by atoms with E-state index in [1.165, 1.54) is 0 Å². The van der Waals surface area contributed by atoms with Gasteiger partial charge < -0.3 is 14.6 Å². The standard InChI is InChI=1S/C18H19N5O2/c1-11-7-12(2)22-18(21-11)25-14-5-6-23(9-14)17(24)13-3-4-15-16(8-13)20-10-19-15/h3-4,7-8,10,14H,5-6,9H2,1-2H3,(H,19,20). The molecule has 1 saturated heterocycles. The highest BCUT2D eigenvalue weighted by Gasteiger charge is 2.29. The summed E-state index contributed by atoms with van der Waals surface area (Å²) in [6, 6.07) is 7.80. The van der Waals surface area contributed by atoms with Crippen molar-refractivity contribution in [2.24, 2.45) is 0 Å². The van der Waals surface area contributed by atoms with Crippen LogP contribution in [0.3, 0.4) is 0 Å². The van der Waals surface area contributed by atoms with Crippen LogP contribution in [-0.4, -0.2) is 49.9 Å². The van der Waals surface area contributed by atoms with Crippen LogP contribution in [0.25, 0.3) is 11.0 Å². The number of likely N-dealkylation sites (tertiary alicyclic amines) is 1. The largest absolute Gasteiger partial charge is 0.458 e. The average molecular weight is 337 g/mol. The molecule has 1 fully saturated rings. The smallest absolute Gasteiger partial charge is 0.317 e. The first-order chi connectivity index (χ1) is 12.1. The average Bonchev–Trinajstić information content (AvgIpc) is 3.21. The Balaban J connectivity index is 1.45. The second kappa shape index (κ2) is 6.16. The maximum absolute atomic E-state index is 12.7. The lowest BCUT2D eigenvalue weighted by Crippen LogP contribution is -2.31. The highest BCUT2D eigenvalue weighted by atomic mass is 16.5. The van der Waals surface area contributed by atoms with Crippen LogP contribution in [-0.2, 0) is 0 Å². The zero-order valence-corrected chi connectivity index (χ0v) is 14.2. The van der Waals surface area contributed by atoms with E-state index in [0.29, 0.717) is 24.7 Å². The van der Waals surface area contributed by atoms with Crippen molar-refractivity contribution >= 4 is 16.9 Å². The molecule has 1 amide bonds. The van der Waals surface area contributed by atoms with Gasteiger partial charge in [0.15, 0.2) is 0 Å². The van der Waals surface area contributed by atoms with Gasteiger partial charge in [-0.2, -0.15) is 0 Å². The first-order valence-electron chi connectivity index (χ1n) is 8.30. The Morgan fingerprint density at radius 1 is 1.24 bits per heavy atom. The fraction of sp³-hybridized carbons (Fsp3) is 0.333. The lowest BCUT2D eigenvalue weighted by molar-refractivity contribution is 0.0769.